The van der Waals surface area contributed by atoms with Gasteiger partial charge in [0.05, 0.1) is 0 Å². The Labute approximate surface area is 124 Å². The molecule has 114 valence electrons. The first-order valence-corrected chi connectivity index (χ1v) is 8.95. The van der Waals surface area contributed by atoms with Crippen LogP contribution in [0.25, 0.3) is 0 Å². The van der Waals surface area contributed by atoms with Crippen LogP contribution in [0.4, 0.5) is 0 Å². The van der Waals surface area contributed by atoms with E-state index in [0.717, 1.165) is 36.0 Å². The van der Waals surface area contributed by atoms with Gasteiger partial charge in [0.15, 0.2) is 0 Å². The lowest BCUT2D eigenvalue weighted by Crippen LogP contribution is -2.62. The summed E-state index contributed by atoms with van der Waals surface area (Å²) in [4.78, 5) is 5.68. The summed E-state index contributed by atoms with van der Waals surface area (Å²) in [5, 5.41) is 3.86. The summed E-state index contributed by atoms with van der Waals surface area (Å²) in [6.45, 7) is 10.1. The van der Waals surface area contributed by atoms with Gasteiger partial charge in [0.1, 0.15) is 0 Å². The summed E-state index contributed by atoms with van der Waals surface area (Å²) in [5.74, 6) is 1.77. The van der Waals surface area contributed by atoms with Gasteiger partial charge >= 0.3 is 0 Å². The third-order valence-corrected chi connectivity index (χ3v) is 6.11. The topological polar surface area (TPSA) is 18.5 Å². The minimum Gasteiger partial charge on any atom is -0.311 e. The Hall–Kier alpha value is -0.120. The Morgan fingerprint density at radius 3 is 2.40 bits per heavy atom. The Balaban J connectivity index is 1.43. The van der Waals surface area contributed by atoms with E-state index in [1.54, 1.807) is 0 Å². The quantitative estimate of drug-likeness (QED) is 0.847. The van der Waals surface area contributed by atoms with E-state index in [1.165, 1.54) is 58.3 Å². The summed E-state index contributed by atoms with van der Waals surface area (Å²) >= 11 is 0. The maximum absolute atomic E-state index is 3.86. The van der Waals surface area contributed by atoms with E-state index in [0.29, 0.717) is 0 Å². The van der Waals surface area contributed by atoms with Gasteiger partial charge in [-0.15, -0.1) is 0 Å². The van der Waals surface area contributed by atoms with Crippen LogP contribution in [0.3, 0.4) is 0 Å². The van der Waals surface area contributed by atoms with Crippen molar-refractivity contribution < 1.29 is 0 Å². The molecular formula is C17H31N3. The van der Waals surface area contributed by atoms with Gasteiger partial charge in [0, 0.05) is 50.3 Å². The van der Waals surface area contributed by atoms with Crippen molar-refractivity contribution in [2.45, 2.75) is 70.1 Å². The van der Waals surface area contributed by atoms with Crippen molar-refractivity contribution >= 4 is 0 Å². The summed E-state index contributed by atoms with van der Waals surface area (Å²) < 4.78 is 0. The van der Waals surface area contributed by atoms with E-state index in [4.69, 9.17) is 0 Å². The molecule has 0 amide bonds. The lowest BCUT2D eigenvalue weighted by Gasteiger charge is -2.45. The number of hydrogen-bond acceptors (Lipinski definition) is 3. The summed E-state index contributed by atoms with van der Waals surface area (Å²) in [6, 6.07) is 3.35. The third kappa shape index (κ3) is 2.65. The smallest absolute Gasteiger partial charge is 0.0247 e. The molecule has 4 aliphatic rings. The molecule has 2 aliphatic heterocycles. The number of likely N-dealkylation sites (tertiary alicyclic amines) is 1. The summed E-state index contributed by atoms with van der Waals surface area (Å²) in [7, 11) is 0. The second-order valence-electron chi connectivity index (χ2n) is 8.03. The van der Waals surface area contributed by atoms with Gasteiger partial charge in [-0.1, -0.05) is 13.8 Å². The van der Waals surface area contributed by atoms with Gasteiger partial charge in [-0.25, -0.2) is 0 Å². The zero-order chi connectivity index (χ0) is 13.7. The number of nitrogens with zero attached hydrogens (tertiary/aromatic N) is 2. The van der Waals surface area contributed by atoms with Gasteiger partial charge in [-0.05, 0) is 43.9 Å². The molecule has 20 heavy (non-hydrogen) atoms. The number of piperazine rings is 1. The van der Waals surface area contributed by atoms with E-state index in [2.05, 4.69) is 29.0 Å². The van der Waals surface area contributed by atoms with Crippen LogP contribution in [0.5, 0.6) is 0 Å². The fourth-order valence-corrected chi connectivity index (χ4v) is 4.48. The SMILES string of the molecule is CC(C)C1CNC(C2CC2)CN1C1CCN(C2CC2)C1. The predicted molar refractivity (Wildman–Crippen MR) is 82.8 cm³/mol. The van der Waals surface area contributed by atoms with Crippen LogP contribution >= 0.6 is 0 Å². The van der Waals surface area contributed by atoms with Crippen molar-refractivity contribution in [3.63, 3.8) is 0 Å². The molecule has 3 nitrogen and oxygen atoms in total. The molecule has 0 aromatic carbocycles. The fourth-order valence-electron chi connectivity index (χ4n) is 4.48. The second kappa shape index (κ2) is 5.26. The average molecular weight is 277 g/mol. The second-order valence-corrected chi connectivity index (χ2v) is 8.03. The van der Waals surface area contributed by atoms with Gasteiger partial charge in [0.25, 0.3) is 0 Å². The highest BCUT2D eigenvalue weighted by molar-refractivity contribution is 5.00. The summed E-state index contributed by atoms with van der Waals surface area (Å²) in [6.07, 6.45) is 7.28. The molecule has 0 bridgehead atoms. The third-order valence-electron chi connectivity index (χ3n) is 6.11. The van der Waals surface area contributed by atoms with Gasteiger partial charge < -0.3 is 5.32 Å². The molecule has 2 saturated carbocycles. The van der Waals surface area contributed by atoms with Crippen molar-refractivity contribution in [3.8, 4) is 0 Å². The van der Waals surface area contributed by atoms with Crippen molar-refractivity contribution in [3.05, 3.63) is 0 Å². The van der Waals surface area contributed by atoms with Gasteiger partial charge in [-0.3, -0.25) is 9.80 Å². The standard InChI is InChI=1S/C17H31N3/c1-12(2)17-9-18-16(13-3-4-13)11-20(17)15-7-8-19(10-15)14-5-6-14/h12-18H,3-11H2,1-2H3. The molecule has 3 heteroatoms. The van der Waals surface area contributed by atoms with Crippen LogP contribution in [0, 0.1) is 11.8 Å². The van der Waals surface area contributed by atoms with Gasteiger partial charge in [0.2, 0.25) is 0 Å². The molecule has 3 unspecified atom stereocenters. The van der Waals surface area contributed by atoms with Crippen LogP contribution in [-0.4, -0.2) is 60.1 Å². The molecular weight excluding hydrogens is 246 g/mol. The van der Waals surface area contributed by atoms with Crippen LogP contribution < -0.4 is 5.32 Å². The zero-order valence-electron chi connectivity index (χ0n) is 13.2. The number of hydrogen-bond donors (Lipinski definition) is 1. The molecule has 4 fully saturated rings. The van der Waals surface area contributed by atoms with Crippen molar-refractivity contribution in [2.75, 3.05) is 26.2 Å². The Morgan fingerprint density at radius 2 is 1.75 bits per heavy atom. The first kappa shape index (κ1) is 13.5. The largest absolute Gasteiger partial charge is 0.311 e. The molecule has 2 aliphatic carbocycles. The highest BCUT2D eigenvalue weighted by Gasteiger charge is 2.43. The lowest BCUT2D eigenvalue weighted by atomic mass is 9.94. The minimum atomic E-state index is 0.758. The molecule has 0 spiro atoms. The van der Waals surface area contributed by atoms with Crippen LogP contribution in [0.2, 0.25) is 0 Å². The van der Waals surface area contributed by atoms with Gasteiger partial charge in [-0.2, -0.15) is 0 Å². The number of rotatable bonds is 4. The maximum Gasteiger partial charge on any atom is 0.0247 e. The minimum absolute atomic E-state index is 0.758. The van der Waals surface area contributed by atoms with Crippen LogP contribution in [0.15, 0.2) is 0 Å². The van der Waals surface area contributed by atoms with Crippen LogP contribution in [-0.2, 0) is 0 Å². The normalized spacial score (nSPS) is 40.6. The van der Waals surface area contributed by atoms with E-state index < -0.39 is 0 Å². The monoisotopic (exact) mass is 277 g/mol. The molecule has 1 N–H and O–H groups in total. The Kier molecular flexibility index (Phi) is 3.56. The Morgan fingerprint density at radius 1 is 0.950 bits per heavy atom. The van der Waals surface area contributed by atoms with E-state index in [1.807, 2.05) is 0 Å². The summed E-state index contributed by atoms with van der Waals surface area (Å²) in [5.41, 5.74) is 0. The molecule has 2 heterocycles. The molecule has 3 atom stereocenters. The maximum atomic E-state index is 3.86. The van der Waals surface area contributed by atoms with Crippen molar-refractivity contribution in [1.82, 2.24) is 15.1 Å². The average Bonchev–Trinajstić information content (AvgIpc) is 3.36. The lowest BCUT2D eigenvalue weighted by molar-refractivity contribution is 0.0531. The predicted octanol–water partition coefficient (Wildman–Crippen LogP) is 1.93. The highest BCUT2D eigenvalue weighted by Crippen LogP contribution is 2.37. The van der Waals surface area contributed by atoms with E-state index in [9.17, 15) is 0 Å². The molecule has 0 aromatic rings. The van der Waals surface area contributed by atoms with Crippen LogP contribution in [0.1, 0.15) is 46.0 Å². The van der Waals surface area contributed by atoms with E-state index >= 15 is 0 Å². The first-order valence-electron chi connectivity index (χ1n) is 8.95. The Bertz CT molecular complexity index is 348. The molecule has 0 radical (unpaired) electrons. The molecule has 2 saturated heterocycles. The first-order chi connectivity index (χ1) is 9.72. The fraction of sp³-hybridized carbons (Fsp3) is 1.00. The van der Waals surface area contributed by atoms with Crippen molar-refractivity contribution in [2.24, 2.45) is 11.8 Å². The van der Waals surface area contributed by atoms with E-state index in [-0.39, 0.29) is 0 Å². The molecule has 0 aromatic heterocycles. The number of nitrogens with one attached hydrogen (secondary N) is 1. The van der Waals surface area contributed by atoms with Crippen molar-refractivity contribution in [1.29, 1.82) is 0 Å². The zero-order valence-corrected chi connectivity index (χ0v) is 13.2. The molecule has 4 rings (SSSR count). The highest BCUT2D eigenvalue weighted by atomic mass is 15.3.